The Morgan fingerprint density at radius 2 is 2.04 bits per heavy atom. The van der Waals surface area contributed by atoms with Gasteiger partial charge in [-0.3, -0.25) is 9.52 Å². The lowest BCUT2D eigenvalue weighted by Gasteiger charge is -2.04. The third-order valence-electron chi connectivity index (χ3n) is 2.76. The van der Waals surface area contributed by atoms with Crippen LogP contribution >= 0.6 is 11.3 Å². The lowest BCUT2D eigenvalue weighted by atomic mass is 10.4. The summed E-state index contributed by atoms with van der Waals surface area (Å²) in [4.78, 5) is 16.2. The number of aromatic nitrogens is 1. The van der Waals surface area contributed by atoms with Gasteiger partial charge >= 0.3 is 0 Å². The number of halogens is 1. The van der Waals surface area contributed by atoms with Crippen LogP contribution in [0.3, 0.4) is 0 Å². The van der Waals surface area contributed by atoms with E-state index in [0.29, 0.717) is 17.1 Å². The molecule has 2 aromatic rings. The molecule has 0 radical (unpaired) electrons. The molecular weight excluding hydrogens is 341 g/mol. The van der Waals surface area contributed by atoms with Crippen molar-refractivity contribution in [3.8, 4) is 0 Å². The third-order valence-corrected chi connectivity index (χ3v) is 5.31. The van der Waals surface area contributed by atoms with E-state index in [2.05, 4.69) is 21.6 Å². The minimum atomic E-state index is -3.89. The summed E-state index contributed by atoms with van der Waals surface area (Å²) in [6.45, 7) is 5.40. The molecule has 2 rings (SSSR count). The monoisotopic (exact) mass is 355 g/mol. The number of nitrogens with one attached hydrogen (secondary N) is 2. The normalized spacial score (nSPS) is 11.0. The van der Waals surface area contributed by atoms with Gasteiger partial charge in [0.1, 0.15) is 10.7 Å². The van der Waals surface area contributed by atoms with Crippen LogP contribution in [-0.4, -0.2) is 25.9 Å². The van der Waals surface area contributed by atoms with Crippen molar-refractivity contribution in [3.63, 3.8) is 0 Å². The van der Waals surface area contributed by atoms with Crippen molar-refractivity contribution < 1.29 is 17.6 Å². The Morgan fingerprint density at radius 3 is 2.65 bits per heavy atom. The summed E-state index contributed by atoms with van der Waals surface area (Å²) >= 11 is 0.921. The average Bonchev–Trinajstić information content (AvgIpc) is 2.85. The van der Waals surface area contributed by atoms with Gasteiger partial charge in [-0.2, -0.15) is 0 Å². The van der Waals surface area contributed by atoms with Crippen molar-refractivity contribution >= 4 is 32.4 Å². The zero-order valence-electron chi connectivity index (χ0n) is 12.2. The second-order valence-corrected chi connectivity index (χ2v) is 7.17. The molecule has 122 valence electrons. The number of sulfonamides is 1. The molecule has 1 aromatic heterocycles. The van der Waals surface area contributed by atoms with Gasteiger partial charge in [0.25, 0.3) is 15.9 Å². The molecule has 0 unspecified atom stereocenters. The van der Waals surface area contributed by atoms with E-state index in [0.717, 1.165) is 35.6 Å². The molecule has 0 aliphatic rings. The number of amides is 1. The number of hydrogen-bond donors (Lipinski definition) is 2. The number of hydrogen-bond acceptors (Lipinski definition) is 5. The molecule has 9 heteroatoms. The quantitative estimate of drug-likeness (QED) is 0.778. The largest absolute Gasteiger partial charge is 0.348 e. The van der Waals surface area contributed by atoms with E-state index in [9.17, 15) is 17.6 Å². The summed E-state index contributed by atoms with van der Waals surface area (Å²) in [5.41, 5.74) is 0.411. The Hall–Kier alpha value is -2.26. The van der Waals surface area contributed by atoms with Crippen molar-refractivity contribution in [1.29, 1.82) is 0 Å². The summed E-state index contributed by atoms with van der Waals surface area (Å²) in [6, 6.07) is 4.40. The summed E-state index contributed by atoms with van der Waals surface area (Å²) in [5, 5.41) is 2.66. The predicted octanol–water partition coefficient (Wildman–Crippen LogP) is 2.31. The molecule has 0 saturated heterocycles. The number of benzene rings is 1. The van der Waals surface area contributed by atoms with Gasteiger partial charge < -0.3 is 5.32 Å². The van der Waals surface area contributed by atoms with Crippen LogP contribution in [0.1, 0.15) is 15.4 Å². The van der Waals surface area contributed by atoms with Crippen LogP contribution in [-0.2, 0) is 10.0 Å². The molecular formula is C14H14FN3O3S2. The zero-order valence-corrected chi connectivity index (χ0v) is 13.8. The molecule has 6 nitrogen and oxygen atoms in total. The van der Waals surface area contributed by atoms with Gasteiger partial charge in [-0.25, -0.2) is 17.8 Å². The minimum Gasteiger partial charge on any atom is -0.348 e. The number of anilines is 1. The molecule has 0 fully saturated rings. The topological polar surface area (TPSA) is 88.2 Å². The second kappa shape index (κ2) is 6.88. The first kappa shape index (κ1) is 17.1. The fourth-order valence-corrected chi connectivity index (χ4v) is 3.80. The number of nitrogens with zero attached hydrogens (tertiary/aromatic N) is 1. The van der Waals surface area contributed by atoms with Crippen molar-refractivity contribution in [2.45, 2.75) is 11.8 Å². The van der Waals surface area contributed by atoms with E-state index < -0.39 is 15.8 Å². The first-order valence-electron chi connectivity index (χ1n) is 6.48. The summed E-state index contributed by atoms with van der Waals surface area (Å²) in [7, 11) is -3.89. The van der Waals surface area contributed by atoms with Crippen LogP contribution in [0.5, 0.6) is 0 Å². The molecule has 0 spiro atoms. The van der Waals surface area contributed by atoms with Crippen LogP contribution < -0.4 is 10.0 Å². The molecule has 2 N–H and O–H groups in total. The molecule has 0 bridgehead atoms. The number of carbonyl (C=O) groups is 1. The Bertz CT molecular complexity index is 829. The highest BCUT2D eigenvalue weighted by Gasteiger charge is 2.20. The van der Waals surface area contributed by atoms with Gasteiger partial charge in [0.05, 0.1) is 10.6 Å². The number of carbonyl (C=O) groups excluding carboxylic acids is 1. The number of thiazole rings is 1. The van der Waals surface area contributed by atoms with Gasteiger partial charge in [-0.05, 0) is 31.2 Å². The molecule has 0 saturated carbocycles. The fraction of sp³-hybridized carbons (Fsp3) is 0.143. The average molecular weight is 355 g/mol. The minimum absolute atomic E-state index is 0.0654. The van der Waals surface area contributed by atoms with E-state index in [4.69, 9.17) is 0 Å². The smallest absolute Gasteiger partial charge is 0.263 e. The Morgan fingerprint density at radius 1 is 1.39 bits per heavy atom. The summed E-state index contributed by atoms with van der Waals surface area (Å²) in [6.07, 6.45) is 1.53. The second-order valence-electron chi connectivity index (χ2n) is 4.49. The maximum atomic E-state index is 12.9. The Labute approximate surface area is 137 Å². The lowest BCUT2D eigenvalue weighted by Crippen LogP contribution is -2.22. The highest BCUT2D eigenvalue weighted by molar-refractivity contribution is 7.93. The zero-order chi connectivity index (χ0) is 17.0. The maximum Gasteiger partial charge on any atom is 0.263 e. The van der Waals surface area contributed by atoms with Crippen LogP contribution in [0.25, 0.3) is 0 Å². The van der Waals surface area contributed by atoms with Crippen molar-refractivity contribution in [2.75, 3.05) is 11.3 Å². The Kier molecular flexibility index (Phi) is 5.12. The lowest BCUT2D eigenvalue weighted by molar-refractivity contribution is 0.0961. The third kappa shape index (κ3) is 4.14. The van der Waals surface area contributed by atoms with Crippen LogP contribution in [0.4, 0.5) is 9.52 Å². The van der Waals surface area contributed by atoms with Gasteiger partial charge in [-0.1, -0.05) is 17.4 Å². The first-order chi connectivity index (χ1) is 10.8. The van der Waals surface area contributed by atoms with E-state index in [1.54, 1.807) is 6.92 Å². The molecule has 0 aliphatic carbocycles. The molecule has 1 amide bonds. The van der Waals surface area contributed by atoms with E-state index >= 15 is 0 Å². The van der Waals surface area contributed by atoms with Gasteiger partial charge in [-0.15, -0.1) is 6.58 Å². The van der Waals surface area contributed by atoms with Crippen LogP contribution in [0, 0.1) is 12.7 Å². The van der Waals surface area contributed by atoms with E-state index in [1.807, 2.05) is 0 Å². The van der Waals surface area contributed by atoms with Gasteiger partial charge in [0, 0.05) is 6.54 Å². The highest BCUT2D eigenvalue weighted by atomic mass is 32.2. The number of rotatable bonds is 6. The first-order valence-corrected chi connectivity index (χ1v) is 8.78. The maximum absolute atomic E-state index is 12.9. The molecule has 1 aromatic carbocycles. The molecule has 1 heterocycles. The predicted molar refractivity (Wildman–Crippen MR) is 86.6 cm³/mol. The summed E-state index contributed by atoms with van der Waals surface area (Å²) < 4.78 is 39.5. The standard InChI is InChI=1S/C14H14FN3O3S2/c1-3-8-16-13(19)12-9(2)17-14(22-12)18-23(20,21)11-6-4-10(15)5-7-11/h3-7H,1,8H2,2H3,(H,16,19)(H,17,18). The molecule has 0 aliphatic heterocycles. The fourth-order valence-electron chi connectivity index (χ4n) is 1.68. The van der Waals surface area contributed by atoms with Gasteiger partial charge in [0.15, 0.2) is 5.13 Å². The van der Waals surface area contributed by atoms with Crippen LogP contribution in [0.2, 0.25) is 0 Å². The summed E-state index contributed by atoms with van der Waals surface area (Å²) in [5.74, 6) is -0.887. The van der Waals surface area contributed by atoms with E-state index in [1.165, 1.54) is 6.08 Å². The van der Waals surface area contributed by atoms with E-state index in [-0.39, 0.29) is 15.9 Å². The van der Waals surface area contributed by atoms with Crippen LogP contribution in [0.15, 0.2) is 41.8 Å². The van der Waals surface area contributed by atoms with Gasteiger partial charge in [0.2, 0.25) is 0 Å². The molecule has 0 atom stereocenters. The van der Waals surface area contributed by atoms with Crippen molar-refractivity contribution in [2.24, 2.45) is 0 Å². The number of aryl methyl sites for hydroxylation is 1. The Balaban J connectivity index is 2.21. The molecule has 23 heavy (non-hydrogen) atoms. The SMILES string of the molecule is C=CCNC(=O)c1sc(NS(=O)(=O)c2ccc(F)cc2)nc1C. The highest BCUT2D eigenvalue weighted by Crippen LogP contribution is 2.25. The van der Waals surface area contributed by atoms with Crippen molar-refractivity contribution in [1.82, 2.24) is 10.3 Å². The van der Waals surface area contributed by atoms with Crippen molar-refractivity contribution in [3.05, 3.63) is 53.3 Å².